The molecule has 0 spiro atoms. The van der Waals surface area contributed by atoms with E-state index in [2.05, 4.69) is 22.1 Å². The fraction of sp³-hybridized carbons (Fsp3) is 0. The second-order valence-corrected chi connectivity index (χ2v) is 3.30. The van der Waals surface area contributed by atoms with Crippen LogP contribution in [0.15, 0.2) is 49.1 Å². The molecule has 0 saturated carbocycles. The highest BCUT2D eigenvalue weighted by Crippen LogP contribution is 2.20. The van der Waals surface area contributed by atoms with Crippen LogP contribution in [0.4, 0.5) is 0 Å². The molecule has 0 unspecified atom stereocenters. The zero-order chi connectivity index (χ0) is 9.38. The number of benzene rings is 1. The van der Waals surface area contributed by atoms with Crippen molar-refractivity contribution in [3.05, 3.63) is 49.1 Å². The zero-order valence-electron chi connectivity index (χ0n) is 7.51. The van der Waals surface area contributed by atoms with E-state index in [1.807, 2.05) is 36.9 Å². The maximum atomic E-state index is 4.10. The molecule has 0 radical (unpaired) electrons. The number of fused-ring (bicyclic) bond motifs is 2. The van der Waals surface area contributed by atoms with Gasteiger partial charge in [0.15, 0.2) is 0 Å². The SMILES string of the molecule is c1cc2cc3ccncc3cc2cn1. The van der Waals surface area contributed by atoms with Gasteiger partial charge in [-0.3, -0.25) is 9.97 Å². The van der Waals surface area contributed by atoms with Crippen LogP contribution in [0.5, 0.6) is 0 Å². The summed E-state index contributed by atoms with van der Waals surface area (Å²) < 4.78 is 0. The minimum absolute atomic E-state index is 1.16. The maximum absolute atomic E-state index is 4.10. The third-order valence-corrected chi connectivity index (χ3v) is 2.40. The molecule has 14 heavy (non-hydrogen) atoms. The Hall–Kier alpha value is -1.96. The van der Waals surface area contributed by atoms with Crippen LogP contribution in [0, 0.1) is 0 Å². The molecule has 0 aliphatic rings. The number of nitrogens with zero attached hydrogens (tertiary/aromatic N) is 2. The van der Waals surface area contributed by atoms with Gasteiger partial charge < -0.3 is 0 Å². The van der Waals surface area contributed by atoms with E-state index in [0.717, 1.165) is 10.8 Å². The number of aromatic nitrogens is 2. The number of pyridine rings is 2. The first-order valence-corrected chi connectivity index (χ1v) is 4.51. The van der Waals surface area contributed by atoms with Crippen LogP contribution in [-0.4, -0.2) is 9.97 Å². The second kappa shape index (κ2) is 2.77. The smallest absolute Gasteiger partial charge is 0.0346 e. The van der Waals surface area contributed by atoms with Crippen molar-refractivity contribution < 1.29 is 0 Å². The molecule has 2 heterocycles. The predicted octanol–water partition coefficient (Wildman–Crippen LogP) is 2.78. The van der Waals surface area contributed by atoms with E-state index in [4.69, 9.17) is 0 Å². The van der Waals surface area contributed by atoms with Gasteiger partial charge in [0.25, 0.3) is 0 Å². The van der Waals surface area contributed by atoms with Crippen LogP contribution in [0.1, 0.15) is 0 Å². The molecule has 2 nitrogen and oxygen atoms in total. The molecule has 2 aromatic heterocycles. The Morgan fingerprint density at radius 2 is 1.14 bits per heavy atom. The highest BCUT2D eigenvalue weighted by Gasteiger charge is 1.96. The lowest BCUT2D eigenvalue weighted by atomic mass is 10.1. The van der Waals surface area contributed by atoms with E-state index in [9.17, 15) is 0 Å². The lowest BCUT2D eigenvalue weighted by molar-refractivity contribution is 1.35. The molecule has 66 valence electrons. The van der Waals surface area contributed by atoms with E-state index in [-0.39, 0.29) is 0 Å². The summed E-state index contributed by atoms with van der Waals surface area (Å²) in [6.07, 6.45) is 7.38. The van der Waals surface area contributed by atoms with Crippen molar-refractivity contribution in [1.82, 2.24) is 9.97 Å². The van der Waals surface area contributed by atoms with Crippen LogP contribution >= 0.6 is 0 Å². The molecule has 0 N–H and O–H groups in total. The lowest BCUT2D eigenvalue weighted by Crippen LogP contribution is -1.78. The summed E-state index contributed by atoms with van der Waals surface area (Å²) in [7, 11) is 0. The summed E-state index contributed by atoms with van der Waals surface area (Å²) in [6, 6.07) is 8.32. The van der Waals surface area contributed by atoms with Crippen molar-refractivity contribution in [1.29, 1.82) is 0 Å². The van der Waals surface area contributed by atoms with Gasteiger partial charge >= 0.3 is 0 Å². The zero-order valence-corrected chi connectivity index (χ0v) is 7.51. The fourth-order valence-corrected chi connectivity index (χ4v) is 1.67. The fourth-order valence-electron chi connectivity index (χ4n) is 1.67. The number of hydrogen-bond donors (Lipinski definition) is 0. The van der Waals surface area contributed by atoms with Gasteiger partial charge in [0.05, 0.1) is 0 Å². The average Bonchev–Trinajstić information content (AvgIpc) is 2.26. The van der Waals surface area contributed by atoms with E-state index in [1.165, 1.54) is 10.8 Å². The molecule has 0 bridgehead atoms. The number of rotatable bonds is 0. The van der Waals surface area contributed by atoms with Gasteiger partial charge in [-0.05, 0) is 35.0 Å². The van der Waals surface area contributed by atoms with Gasteiger partial charge in [0, 0.05) is 35.6 Å². The van der Waals surface area contributed by atoms with Crippen molar-refractivity contribution in [2.45, 2.75) is 0 Å². The first-order valence-electron chi connectivity index (χ1n) is 4.51. The van der Waals surface area contributed by atoms with Crippen LogP contribution in [0.3, 0.4) is 0 Å². The van der Waals surface area contributed by atoms with Crippen molar-refractivity contribution >= 4 is 21.5 Å². The maximum Gasteiger partial charge on any atom is 0.0346 e. The van der Waals surface area contributed by atoms with Crippen LogP contribution < -0.4 is 0 Å². The van der Waals surface area contributed by atoms with Gasteiger partial charge in [-0.25, -0.2) is 0 Å². The second-order valence-electron chi connectivity index (χ2n) is 3.30. The highest BCUT2D eigenvalue weighted by molar-refractivity contribution is 5.97. The Morgan fingerprint density at radius 1 is 0.643 bits per heavy atom. The van der Waals surface area contributed by atoms with Gasteiger partial charge in [-0.15, -0.1) is 0 Å². The van der Waals surface area contributed by atoms with Crippen molar-refractivity contribution in [3.63, 3.8) is 0 Å². The van der Waals surface area contributed by atoms with E-state index < -0.39 is 0 Å². The largest absolute Gasteiger partial charge is 0.264 e. The van der Waals surface area contributed by atoms with Crippen LogP contribution in [-0.2, 0) is 0 Å². The lowest BCUT2D eigenvalue weighted by Gasteiger charge is -1.99. The summed E-state index contributed by atoms with van der Waals surface area (Å²) in [5.41, 5.74) is 0. The Morgan fingerprint density at radius 3 is 1.71 bits per heavy atom. The molecule has 0 atom stereocenters. The van der Waals surface area contributed by atoms with Gasteiger partial charge in [-0.1, -0.05) is 0 Å². The Bertz CT molecular complexity index is 497. The third kappa shape index (κ3) is 1.04. The summed E-state index contributed by atoms with van der Waals surface area (Å²) >= 11 is 0. The minimum atomic E-state index is 1.16. The molecule has 0 aliphatic heterocycles. The van der Waals surface area contributed by atoms with Crippen LogP contribution in [0.2, 0.25) is 0 Å². The predicted molar refractivity (Wildman–Crippen MR) is 57.0 cm³/mol. The van der Waals surface area contributed by atoms with Crippen LogP contribution in [0.25, 0.3) is 21.5 Å². The summed E-state index contributed by atoms with van der Waals surface area (Å²) in [4.78, 5) is 8.20. The molecular weight excluding hydrogens is 172 g/mol. The average molecular weight is 180 g/mol. The Balaban J connectivity index is 2.52. The molecule has 3 aromatic rings. The molecule has 0 aliphatic carbocycles. The monoisotopic (exact) mass is 180 g/mol. The first kappa shape index (κ1) is 7.44. The molecular formula is C12H8N2. The van der Waals surface area contributed by atoms with E-state index >= 15 is 0 Å². The van der Waals surface area contributed by atoms with Crippen molar-refractivity contribution in [3.8, 4) is 0 Å². The molecule has 1 aromatic carbocycles. The summed E-state index contributed by atoms with van der Waals surface area (Å²) in [5.74, 6) is 0. The topological polar surface area (TPSA) is 25.8 Å². The standard InChI is InChI=1S/C12H8N2/c1-3-13-7-11-6-12-8-14-4-2-10(12)5-9(1)11/h1-8H. The normalized spacial score (nSPS) is 10.9. The van der Waals surface area contributed by atoms with Gasteiger partial charge in [-0.2, -0.15) is 0 Å². The molecule has 2 heteroatoms. The molecule has 0 fully saturated rings. The van der Waals surface area contributed by atoms with E-state index in [0.29, 0.717) is 0 Å². The molecule has 3 rings (SSSR count). The van der Waals surface area contributed by atoms with E-state index in [1.54, 1.807) is 0 Å². The first-order chi connectivity index (χ1) is 6.93. The summed E-state index contributed by atoms with van der Waals surface area (Å²) in [5, 5.41) is 4.76. The Kier molecular flexibility index (Phi) is 1.47. The van der Waals surface area contributed by atoms with Gasteiger partial charge in [0.2, 0.25) is 0 Å². The molecule has 0 amide bonds. The minimum Gasteiger partial charge on any atom is -0.264 e. The van der Waals surface area contributed by atoms with Crippen molar-refractivity contribution in [2.24, 2.45) is 0 Å². The summed E-state index contributed by atoms with van der Waals surface area (Å²) in [6.45, 7) is 0. The Labute approximate surface area is 81.2 Å². The van der Waals surface area contributed by atoms with Crippen molar-refractivity contribution in [2.75, 3.05) is 0 Å². The molecule has 0 saturated heterocycles. The quantitative estimate of drug-likeness (QED) is 0.497. The van der Waals surface area contributed by atoms with Gasteiger partial charge in [0.1, 0.15) is 0 Å². The highest BCUT2D eigenvalue weighted by atomic mass is 14.6. The number of hydrogen-bond acceptors (Lipinski definition) is 2. The third-order valence-electron chi connectivity index (χ3n) is 2.40.